The maximum Gasteiger partial charge on any atom is 0.0869 e. The van der Waals surface area contributed by atoms with E-state index in [1.807, 2.05) is 0 Å². The van der Waals surface area contributed by atoms with Crippen LogP contribution in [0.5, 0.6) is 0 Å². The van der Waals surface area contributed by atoms with Crippen LogP contribution in [0.3, 0.4) is 0 Å². The van der Waals surface area contributed by atoms with Crippen molar-refractivity contribution < 1.29 is 9.47 Å². The molecule has 0 spiro atoms. The molecule has 1 aliphatic heterocycles. The van der Waals surface area contributed by atoms with Gasteiger partial charge in [0.15, 0.2) is 0 Å². The van der Waals surface area contributed by atoms with Gasteiger partial charge in [0.1, 0.15) is 0 Å². The van der Waals surface area contributed by atoms with Crippen LogP contribution in [-0.2, 0) is 9.47 Å². The molecule has 102 valence electrons. The van der Waals surface area contributed by atoms with Crippen LogP contribution >= 0.6 is 0 Å². The Morgan fingerprint density at radius 2 is 1.65 bits per heavy atom. The average Bonchev–Trinajstić information content (AvgIpc) is 2.24. The van der Waals surface area contributed by atoms with Crippen molar-refractivity contribution >= 4 is 0 Å². The van der Waals surface area contributed by atoms with E-state index in [0.717, 1.165) is 6.42 Å². The molecule has 0 bridgehead atoms. The lowest BCUT2D eigenvalue weighted by Crippen LogP contribution is -2.52. The third-order valence-corrected chi connectivity index (χ3v) is 4.05. The van der Waals surface area contributed by atoms with Gasteiger partial charge in [-0.3, -0.25) is 0 Å². The predicted molar refractivity (Wildman–Crippen MR) is 72.1 cm³/mol. The molecule has 0 aliphatic carbocycles. The third kappa shape index (κ3) is 3.45. The molecule has 0 aromatic heterocycles. The van der Waals surface area contributed by atoms with Gasteiger partial charge >= 0.3 is 0 Å². The maximum atomic E-state index is 6.27. The molecule has 0 radical (unpaired) electrons. The molecule has 17 heavy (non-hydrogen) atoms. The Morgan fingerprint density at radius 1 is 1.06 bits per heavy atom. The first-order valence-electron chi connectivity index (χ1n) is 7.19. The van der Waals surface area contributed by atoms with E-state index in [4.69, 9.17) is 9.47 Å². The summed E-state index contributed by atoms with van der Waals surface area (Å²) in [5.74, 6) is 1.73. The molecule has 0 aromatic carbocycles. The summed E-state index contributed by atoms with van der Waals surface area (Å²) in [5, 5.41) is 0. The molecule has 0 amide bonds. The van der Waals surface area contributed by atoms with Crippen LogP contribution in [0.1, 0.15) is 54.9 Å². The zero-order valence-corrected chi connectivity index (χ0v) is 12.6. The minimum absolute atomic E-state index is 0.255. The lowest BCUT2D eigenvalue weighted by molar-refractivity contribution is -0.207. The Balaban J connectivity index is 2.79. The summed E-state index contributed by atoms with van der Waals surface area (Å²) in [7, 11) is 0. The lowest BCUT2D eigenvalue weighted by atomic mass is 9.77. The first-order valence-corrected chi connectivity index (χ1v) is 7.19. The minimum Gasteiger partial charge on any atom is -0.373 e. The molecule has 5 atom stereocenters. The molecule has 1 fully saturated rings. The Bertz CT molecular complexity index is 223. The molecule has 0 saturated carbocycles. The van der Waals surface area contributed by atoms with Gasteiger partial charge in [-0.2, -0.15) is 0 Å². The van der Waals surface area contributed by atoms with Crippen LogP contribution in [0, 0.1) is 17.8 Å². The Kier molecular flexibility index (Phi) is 5.46. The highest BCUT2D eigenvalue weighted by Gasteiger charge is 2.42. The maximum absolute atomic E-state index is 6.27. The highest BCUT2D eigenvalue weighted by molar-refractivity contribution is 4.89. The SMILES string of the molecule is CCC1OC(C(C)C)C(C)C(C)C1OC(C)C. The van der Waals surface area contributed by atoms with Crippen molar-refractivity contribution in [1.29, 1.82) is 0 Å². The number of hydrogen-bond acceptors (Lipinski definition) is 2. The van der Waals surface area contributed by atoms with Crippen molar-refractivity contribution in [2.24, 2.45) is 17.8 Å². The van der Waals surface area contributed by atoms with Crippen LogP contribution in [0.15, 0.2) is 0 Å². The summed E-state index contributed by atoms with van der Waals surface area (Å²) < 4.78 is 12.3. The summed E-state index contributed by atoms with van der Waals surface area (Å²) in [6, 6.07) is 0. The second kappa shape index (κ2) is 6.19. The summed E-state index contributed by atoms with van der Waals surface area (Å²) in [5.41, 5.74) is 0. The van der Waals surface area contributed by atoms with E-state index < -0.39 is 0 Å². The summed E-state index contributed by atoms with van der Waals surface area (Å²) in [6.07, 6.45) is 2.21. The van der Waals surface area contributed by atoms with Crippen molar-refractivity contribution in [3.63, 3.8) is 0 Å². The van der Waals surface area contributed by atoms with Crippen molar-refractivity contribution in [2.45, 2.75) is 79.3 Å². The van der Waals surface area contributed by atoms with Gasteiger partial charge in [0.05, 0.1) is 24.4 Å². The quantitative estimate of drug-likeness (QED) is 0.744. The highest BCUT2D eigenvalue weighted by Crippen LogP contribution is 2.37. The molecule has 1 rings (SSSR count). The van der Waals surface area contributed by atoms with Crippen molar-refractivity contribution in [3.05, 3.63) is 0 Å². The van der Waals surface area contributed by atoms with E-state index >= 15 is 0 Å². The number of hydrogen-bond donors (Lipinski definition) is 0. The second-order valence-corrected chi connectivity index (χ2v) is 6.16. The molecule has 1 heterocycles. The first-order chi connectivity index (χ1) is 7.88. The first kappa shape index (κ1) is 15.0. The van der Waals surface area contributed by atoms with E-state index in [1.54, 1.807) is 0 Å². The fraction of sp³-hybridized carbons (Fsp3) is 1.00. The largest absolute Gasteiger partial charge is 0.373 e. The molecule has 0 N–H and O–H groups in total. The second-order valence-electron chi connectivity index (χ2n) is 6.16. The van der Waals surface area contributed by atoms with Gasteiger partial charge in [-0.05, 0) is 38.0 Å². The average molecular weight is 242 g/mol. The van der Waals surface area contributed by atoms with E-state index in [-0.39, 0.29) is 18.3 Å². The molecule has 1 aliphatic rings. The van der Waals surface area contributed by atoms with Gasteiger partial charge in [0.2, 0.25) is 0 Å². The smallest absolute Gasteiger partial charge is 0.0869 e. The third-order valence-electron chi connectivity index (χ3n) is 4.05. The van der Waals surface area contributed by atoms with Crippen molar-refractivity contribution in [2.75, 3.05) is 0 Å². The van der Waals surface area contributed by atoms with Crippen LogP contribution in [0.4, 0.5) is 0 Å². The van der Waals surface area contributed by atoms with Gasteiger partial charge in [-0.1, -0.05) is 34.6 Å². The fourth-order valence-corrected chi connectivity index (χ4v) is 2.96. The van der Waals surface area contributed by atoms with E-state index in [0.29, 0.717) is 23.9 Å². The zero-order valence-electron chi connectivity index (χ0n) is 12.6. The van der Waals surface area contributed by atoms with E-state index in [1.165, 1.54) is 0 Å². The van der Waals surface area contributed by atoms with Gasteiger partial charge in [-0.15, -0.1) is 0 Å². The minimum atomic E-state index is 0.255. The predicted octanol–water partition coefficient (Wildman–Crippen LogP) is 3.89. The lowest BCUT2D eigenvalue weighted by Gasteiger charge is -2.46. The van der Waals surface area contributed by atoms with E-state index in [9.17, 15) is 0 Å². The summed E-state index contributed by atoms with van der Waals surface area (Å²) in [6.45, 7) is 15.5. The van der Waals surface area contributed by atoms with E-state index in [2.05, 4.69) is 48.5 Å². The number of rotatable bonds is 4. The summed E-state index contributed by atoms with van der Waals surface area (Å²) in [4.78, 5) is 0. The molecule has 2 nitrogen and oxygen atoms in total. The Labute approximate surface area is 107 Å². The molecular formula is C15H30O2. The summed E-state index contributed by atoms with van der Waals surface area (Å²) >= 11 is 0. The normalized spacial score (nSPS) is 39.0. The van der Waals surface area contributed by atoms with Crippen molar-refractivity contribution in [3.8, 4) is 0 Å². The Morgan fingerprint density at radius 3 is 2.06 bits per heavy atom. The molecular weight excluding hydrogens is 212 g/mol. The molecule has 0 aromatic rings. The van der Waals surface area contributed by atoms with Gasteiger partial charge < -0.3 is 9.47 Å². The van der Waals surface area contributed by atoms with Crippen LogP contribution < -0.4 is 0 Å². The number of ether oxygens (including phenoxy) is 2. The van der Waals surface area contributed by atoms with Gasteiger partial charge in [0, 0.05) is 0 Å². The molecule has 2 heteroatoms. The fourth-order valence-electron chi connectivity index (χ4n) is 2.96. The molecule has 5 unspecified atom stereocenters. The Hall–Kier alpha value is -0.0800. The van der Waals surface area contributed by atoms with Crippen LogP contribution in [0.25, 0.3) is 0 Å². The highest BCUT2D eigenvalue weighted by atomic mass is 16.6. The van der Waals surface area contributed by atoms with Crippen LogP contribution in [-0.4, -0.2) is 24.4 Å². The van der Waals surface area contributed by atoms with Gasteiger partial charge in [-0.25, -0.2) is 0 Å². The standard InChI is InChI=1S/C15H30O2/c1-8-13-15(16-10(4)5)12(7)11(6)14(17-13)9(2)3/h9-15H,8H2,1-7H3. The van der Waals surface area contributed by atoms with Gasteiger partial charge in [0.25, 0.3) is 0 Å². The molecule has 1 saturated heterocycles. The van der Waals surface area contributed by atoms with Crippen LogP contribution in [0.2, 0.25) is 0 Å². The van der Waals surface area contributed by atoms with Crippen molar-refractivity contribution in [1.82, 2.24) is 0 Å². The monoisotopic (exact) mass is 242 g/mol. The topological polar surface area (TPSA) is 18.5 Å². The zero-order chi connectivity index (χ0) is 13.2.